The van der Waals surface area contributed by atoms with Crippen LogP contribution < -0.4 is 20.5 Å². The predicted molar refractivity (Wildman–Crippen MR) is 95.6 cm³/mol. The van der Waals surface area contributed by atoms with E-state index in [1.165, 1.54) is 0 Å². The Morgan fingerprint density at radius 1 is 1.04 bits per heavy atom. The molecule has 0 aliphatic carbocycles. The molecule has 0 aromatic heterocycles. The summed E-state index contributed by atoms with van der Waals surface area (Å²) in [5, 5.41) is 13.0. The second-order valence-corrected chi connectivity index (χ2v) is 5.62. The van der Waals surface area contributed by atoms with Gasteiger partial charge in [0.1, 0.15) is 30.8 Å². The largest absolute Gasteiger partial charge is 0.492 e. The molecule has 6 nitrogen and oxygen atoms in total. The molecule has 0 aliphatic rings. The van der Waals surface area contributed by atoms with E-state index in [1.54, 1.807) is 12.1 Å². The highest BCUT2D eigenvalue weighted by atomic mass is 16.5. The Kier molecular flexibility index (Phi) is 7.75. The third kappa shape index (κ3) is 7.69. The molecule has 0 bridgehead atoms. The second-order valence-electron chi connectivity index (χ2n) is 5.62. The third-order valence-electron chi connectivity index (χ3n) is 3.41. The van der Waals surface area contributed by atoms with Gasteiger partial charge in [0.25, 0.3) is 0 Å². The summed E-state index contributed by atoms with van der Waals surface area (Å²) in [7, 11) is 0. The van der Waals surface area contributed by atoms with E-state index in [0.717, 1.165) is 17.1 Å². The van der Waals surface area contributed by atoms with Crippen LogP contribution in [0.25, 0.3) is 0 Å². The van der Waals surface area contributed by atoms with Gasteiger partial charge in [-0.3, -0.25) is 4.79 Å². The number of aliphatic hydroxyl groups is 1. The molecule has 2 aromatic rings. The monoisotopic (exact) mass is 344 g/mol. The van der Waals surface area contributed by atoms with Gasteiger partial charge in [0.05, 0.1) is 6.42 Å². The van der Waals surface area contributed by atoms with Crippen molar-refractivity contribution in [1.29, 1.82) is 0 Å². The molecule has 4 N–H and O–H groups in total. The van der Waals surface area contributed by atoms with Crippen LogP contribution in [0.4, 0.5) is 0 Å². The molecule has 25 heavy (non-hydrogen) atoms. The Balaban J connectivity index is 1.56. The molecule has 0 radical (unpaired) electrons. The molecule has 2 rings (SSSR count). The fraction of sp³-hybridized carbons (Fsp3) is 0.316. The topological polar surface area (TPSA) is 93.8 Å². The quantitative estimate of drug-likeness (QED) is 0.531. The molecule has 0 saturated heterocycles. The summed E-state index contributed by atoms with van der Waals surface area (Å²) in [6.07, 6.45) is -0.363. The maximum atomic E-state index is 10.8. The lowest BCUT2D eigenvalue weighted by molar-refractivity contribution is -0.117. The van der Waals surface area contributed by atoms with Crippen molar-refractivity contribution in [2.45, 2.75) is 12.5 Å². The van der Waals surface area contributed by atoms with E-state index in [1.807, 2.05) is 42.5 Å². The zero-order chi connectivity index (χ0) is 17.9. The molecule has 1 amide bonds. The van der Waals surface area contributed by atoms with Gasteiger partial charge in [0.2, 0.25) is 5.91 Å². The normalized spacial score (nSPS) is 11.7. The van der Waals surface area contributed by atoms with Gasteiger partial charge in [-0.2, -0.15) is 0 Å². The SMILES string of the molecule is NC(=O)Cc1ccc(OCCNCC(O)COc2ccccc2)cc1. The number of carbonyl (C=O) groups excluding carboxylic acids is 1. The summed E-state index contributed by atoms with van der Waals surface area (Å²) in [6, 6.07) is 16.6. The van der Waals surface area contributed by atoms with Crippen molar-refractivity contribution >= 4 is 5.91 Å². The minimum absolute atomic E-state index is 0.227. The van der Waals surface area contributed by atoms with Crippen molar-refractivity contribution in [2.24, 2.45) is 5.73 Å². The van der Waals surface area contributed by atoms with Gasteiger partial charge in [-0.15, -0.1) is 0 Å². The van der Waals surface area contributed by atoms with Gasteiger partial charge >= 0.3 is 0 Å². The molecule has 0 heterocycles. The van der Waals surface area contributed by atoms with E-state index in [2.05, 4.69) is 5.32 Å². The average molecular weight is 344 g/mol. The highest BCUT2D eigenvalue weighted by Crippen LogP contribution is 2.12. The molecule has 6 heteroatoms. The Morgan fingerprint density at radius 3 is 2.40 bits per heavy atom. The summed E-state index contributed by atoms with van der Waals surface area (Å²) in [6.45, 7) is 1.74. The van der Waals surface area contributed by atoms with E-state index in [9.17, 15) is 9.90 Å². The van der Waals surface area contributed by atoms with E-state index >= 15 is 0 Å². The maximum Gasteiger partial charge on any atom is 0.221 e. The Labute approximate surface area is 147 Å². The van der Waals surface area contributed by atoms with Crippen LogP contribution in [0, 0.1) is 0 Å². The van der Waals surface area contributed by atoms with E-state index < -0.39 is 6.10 Å². The molecule has 0 fully saturated rings. The number of nitrogens with two attached hydrogens (primary N) is 1. The van der Waals surface area contributed by atoms with Crippen LogP contribution in [0.3, 0.4) is 0 Å². The first-order valence-electron chi connectivity index (χ1n) is 8.20. The van der Waals surface area contributed by atoms with Crippen molar-refractivity contribution < 1.29 is 19.4 Å². The van der Waals surface area contributed by atoms with Crippen LogP contribution in [0.15, 0.2) is 54.6 Å². The molecule has 1 unspecified atom stereocenters. The summed E-state index contributed by atoms with van der Waals surface area (Å²) >= 11 is 0. The lowest BCUT2D eigenvalue weighted by Crippen LogP contribution is -2.33. The van der Waals surface area contributed by atoms with Crippen LogP contribution in [0.5, 0.6) is 11.5 Å². The van der Waals surface area contributed by atoms with Crippen molar-refractivity contribution in [1.82, 2.24) is 5.32 Å². The van der Waals surface area contributed by atoms with Gasteiger partial charge in [0.15, 0.2) is 0 Å². The van der Waals surface area contributed by atoms with Crippen molar-refractivity contribution in [3.63, 3.8) is 0 Å². The molecule has 0 aliphatic heterocycles. The van der Waals surface area contributed by atoms with Gasteiger partial charge in [-0.1, -0.05) is 30.3 Å². The molecule has 134 valence electrons. The zero-order valence-electron chi connectivity index (χ0n) is 14.1. The average Bonchev–Trinajstić information content (AvgIpc) is 2.61. The summed E-state index contributed by atoms with van der Waals surface area (Å²) in [5.74, 6) is 1.11. The highest BCUT2D eigenvalue weighted by Gasteiger charge is 2.05. The smallest absolute Gasteiger partial charge is 0.221 e. The fourth-order valence-electron chi connectivity index (χ4n) is 2.18. The van der Waals surface area contributed by atoms with Gasteiger partial charge < -0.3 is 25.6 Å². The molecule has 1 atom stereocenters. The van der Waals surface area contributed by atoms with Crippen LogP contribution in [-0.4, -0.2) is 43.4 Å². The highest BCUT2D eigenvalue weighted by molar-refractivity contribution is 5.76. The van der Waals surface area contributed by atoms with Gasteiger partial charge in [-0.05, 0) is 29.8 Å². The van der Waals surface area contributed by atoms with Crippen LogP contribution in [0.1, 0.15) is 5.56 Å². The van der Waals surface area contributed by atoms with Crippen LogP contribution in [-0.2, 0) is 11.2 Å². The molecule has 0 spiro atoms. The maximum absolute atomic E-state index is 10.8. The number of aliphatic hydroxyl groups excluding tert-OH is 1. The van der Waals surface area contributed by atoms with Crippen LogP contribution in [0.2, 0.25) is 0 Å². The molecule has 0 saturated carbocycles. The van der Waals surface area contributed by atoms with E-state index in [4.69, 9.17) is 15.2 Å². The Morgan fingerprint density at radius 2 is 1.72 bits per heavy atom. The van der Waals surface area contributed by atoms with E-state index in [-0.39, 0.29) is 18.9 Å². The fourth-order valence-corrected chi connectivity index (χ4v) is 2.18. The Bertz CT molecular complexity index is 632. The number of amides is 1. The number of hydrogen-bond donors (Lipinski definition) is 3. The molecular formula is C19H24N2O4. The molecular weight excluding hydrogens is 320 g/mol. The number of benzene rings is 2. The lowest BCUT2D eigenvalue weighted by Gasteiger charge is -2.13. The minimum atomic E-state index is -0.590. The van der Waals surface area contributed by atoms with Gasteiger partial charge in [0, 0.05) is 13.1 Å². The van der Waals surface area contributed by atoms with Crippen molar-refractivity contribution in [3.8, 4) is 11.5 Å². The van der Waals surface area contributed by atoms with Crippen molar-refractivity contribution in [3.05, 3.63) is 60.2 Å². The number of rotatable bonds is 11. The summed E-state index contributed by atoms with van der Waals surface area (Å²) in [4.78, 5) is 10.8. The first-order valence-corrected chi connectivity index (χ1v) is 8.20. The number of primary amides is 1. The Hall–Kier alpha value is -2.57. The number of hydrogen-bond acceptors (Lipinski definition) is 5. The number of ether oxygens (including phenoxy) is 2. The summed E-state index contributed by atoms with van der Waals surface area (Å²) in [5.41, 5.74) is 6.01. The number of para-hydroxylation sites is 1. The first kappa shape index (κ1) is 18.8. The zero-order valence-corrected chi connectivity index (χ0v) is 14.1. The number of carbonyl (C=O) groups is 1. The third-order valence-corrected chi connectivity index (χ3v) is 3.41. The summed E-state index contributed by atoms with van der Waals surface area (Å²) < 4.78 is 11.1. The second kappa shape index (κ2) is 10.3. The predicted octanol–water partition coefficient (Wildman–Crippen LogP) is 1.12. The standard InChI is InChI=1S/C19H24N2O4/c20-19(23)12-15-6-8-18(9-7-15)24-11-10-21-13-16(22)14-25-17-4-2-1-3-5-17/h1-9,16,21-22H,10-14H2,(H2,20,23). The molecule has 2 aromatic carbocycles. The van der Waals surface area contributed by atoms with E-state index in [0.29, 0.717) is 19.7 Å². The first-order chi connectivity index (χ1) is 12.1. The van der Waals surface area contributed by atoms with Crippen LogP contribution >= 0.6 is 0 Å². The number of nitrogens with one attached hydrogen (secondary N) is 1. The lowest BCUT2D eigenvalue weighted by atomic mass is 10.1. The van der Waals surface area contributed by atoms with Gasteiger partial charge in [-0.25, -0.2) is 0 Å². The minimum Gasteiger partial charge on any atom is -0.492 e. The van der Waals surface area contributed by atoms with Crippen molar-refractivity contribution in [2.75, 3.05) is 26.3 Å².